The average Bonchev–Trinajstić information content (AvgIpc) is 1.67. The number of anilines is 1. The molecule has 14 unspecified atom stereocenters. The fourth-order valence-corrected chi connectivity index (χ4v) is 12.2. The van der Waals surface area contributed by atoms with Gasteiger partial charge < -0.3 is 127 Å². The van der Waals surface area contributed by atoms with Crippen molar-refractivity contribution in [2.45, 2.75) is 216 Å². The maximum Gasteiger partial charge on any atom is 0.329 e. The van der Waals surface area contributed by atoms with Gasteiger partial charge in [-0.15, -0.1) is 0 Å². The van der Waals surface area contributed by atoms with Gasteiger partial charge in [-0.1, -0.05) is 96.0 Å². The zero-order valence-electron chi connectivity index (χ0n) is 66.0. The minimum Gasteiger partial charge on any atom is -0.481 e. The van der Waals surface area contributed by atoms with Gasteiger partial charge in [0.2, 0.25) is 82.7 Å². The third kappa shape index (κ3) is 34.2. The molecular formula is C75H107N17O27. The van der Waals surface area contributed by atoms with Crippen LogP contribution in [0.1, 0.15) is 153 Å². The number of fused-ring (bicyclic) bond motifs is 1. The Balaban J connectivity index is 1.87. The summed E-state index contributed by atoms with van der Waals surface area (Å²) in [6.45, 7) is 0.869. The van der Waals surface area contributed by atoms with E-state index in [0.29, 0.717) is 35.2 Å². The number of Topliss-reactive ketones (excluding diaryl/α,β-unsaturated/α-hetero) is 1. The van der Waals surface area contributed by atoms with Crippen LogP contribution >= 0.6 is 0 Å². The molecule has 0 aliphatic carbocycles. The second kappa shape index (κ2) is 50.0. The second-order valence-corrected chi connectivity index (χ2v) is 28.6. The van der Waals surface area contributed by atoms with Crippen LogP contribution in [-0.2, 0) is 102 Å². The van der Waals surface area contributed by atoms with Gasteiger partial charge in [-0.3, -0.25) is 91.1 Å². The van der Waals surface area contributed by atoms with Crippen LogP contribution in [0, 0.1) is 11.8 Å². The van der Waals surface area contributed by atoms with Crippen molar-refractivity contribution in [3.63, 3.8) is 0 Å². The smallest absolute Gasteiger partial charge is 0.329 e. The first kappa shape index (κ1) is 98.6. The Kier molecular flexibility index (Phi) is 41.4. The molecule has 0 bridgehead atoms. The number of carboxylic acids is 4. The molecule has 1 aliphatic rings. The molecule has 0 radical (unpaired) electrons. The summed E-state index contributed by atoms with van der Waals surface area (Å²) in [6, 6.07) is -11.3. The maximum atomic E-state index is 14.9. The standard InChI is InChI=1S/C75H107N17O27/c1-5-37(2)17-10-8-6-7-9-11-23-56(97)83-46(26-40-32-79-44-21-15-13-18-41(40)44)67(110)85-47(28-55(78)96)68(111)88-50(31-62(106)107)70(113)92-64-39(4)119-75(118)51(27-54(95)42-19-12-14-20-43(42)77)89-74(117)63(38(3)25-59(100)101)91-72(115)52(35-93)84-58(99)33-80-65(108)48(29-60(102)103)86-71(114)53(36-94)90-69(112)49(30-61(104)105)87-66(109)45(22-16-24-76)82-57(98)34-81-73(64)116/h12-15,18-21,32,37-39,45-53,63-64,79,93-94H,5-11,16-17,22-31,33-36,76-77H2,1-4H3,(H2,78,96)(H,80,108)(H,81,116)(H,82,98)(H,83,97)(H,84,99)(H,85,110)(H,86,114)(H,87,109)(H,88,111)(H,89,117)(H,90,112)(H,91,115)(H,92,113)(H,100,101)(H,102,103)(H,104,105)(H,106,107). The van der Waals surface area contributed by atoms with Crippen LogP contribution in [0.15, 0.2) is 54.7 Å². The molecular weight excluding hydrogens is 1570 g/mol. The molecule has 1 fully saturated rings. The number of carbonyl (C=O) groups excluding carboxylic acids is 16. The highest BCUT2D eigenvalue weighted by atomic mass is 16.5. The molecule has 1 saturated heterocycles. The van der Waals surface area contributed by atoms with Gasteiger partial charge in [0.05, 0.1) is 58.4 Å². The van der Waals surface area contributed by atoms with E-state index in [0.717, 1.165) is 52.4 Å². The fraction of sp³-hybridized carbons (Fsp3) is 0.547. The molecule has 654 valence electrons. The largest absolute Gasteiger partial charge is 0.481 e. The number of aliphatic hydroxyl groups is 2. The predicted octanol–water partition coefficient (Wildman–Crippen LogP) is -5.62. The van der Waals surface area contributed by atoms with Crippen molar-refractivity contribution in [3.05, 3.63) is 65.9 Å². The number of rotatable bonds is 38. The number of nitrogens with two attached hydrogens (primary N) is 3. The van der Waals surface area contributed by atoms with E-state index in [1.807, 2.05) is 21.3 Å². The molecule has 14 amide bonds. The number of carboxylic acid groups (broad SMARTS) is 4. The lowest BCUT2D eigenvalue weighted by Crippen LogP contribution is -2.62. The number of ether oxygens (including phenoxy) is 1. The number of aliphatic hydroxyl groups excluding tert-OH is 2. The van der Waals surface area contributed by atoms with Crippen LogP contribution in [0.5, 0.6) is 0 Å². The van der Waals surface area contributed by atoms with Crippen LogP contribution in [0.3, 0.4) is 0 Å². The molecule has 119 heavy (non-hydrogen) atoms. The van der Waals surface area contributed by atoms with E-state index >= 15 is 0 Å². The van der Waals surface area contributed by atoms with Crippen LogP contribution < -0.4 is 86.3 Å². The fourth-order valence-electron chi connectivity index (χ4n) is 12.2. The molecule has 0 saturated carbocycles. The number of ketones is 1. The number of esters is 1. The van der Waals surface area contributed by atoms with Crippen LogP contribution in [0.2, 0.25) is 0 Å². The van der Waals surface area contributed by atoms with Crippen molar-refractivity contribution >= 4 is 135 Å². The normalized spacial score (nSPS) is 21.2. The molecule has 44 heteroatoms. The Morgan fingerprint density at radius 3 is 1.64 bits per heavy atom. The number of hydrogen-bond acceptors (Lipinski definition) is 25. The number of carbonyl (C=O) groups is 20. The van der Waals surface area contributed by atoms with Gasteiger partial charge in [-0.25, -0.2) is 4.79 Å². The summed E-state index contributed by atoms with van der Waals surface area (Å²) in [4.78, 5) is 277. The Morgan fingerprint density at radius 2 is 1.05 bits per heavy atom. The molecule has 14 atom stereocenters. The zero-order chi connectivity index (χ0) is 88.8. The lowest BCUT2D eigenvalue weighted by atomic mass is 9.96. The number of cyclic esters (lactones) is 1. The number of primary amides is 1. The van der Waals surface area contributed by atoms with Crippen molar-refractivity contribution in [2.24, 2.45) is 23.3 Å². The highest BCUT2D eigenvalue weighted by Gasteiger charge is 2.41. The van der Waals surface area contributed by atoms with Gasteiger partial charge in [0.1, 0.15) is 72.6 Å². The van der Waals surface area contributed by atoms with E-state index in [1.54, 1.807) is 30.5 Å². The molecule has 3 aromatic rings. The second-order valence-electron chi connectivity index (χ2n) is 28.6. The minimum atomic E-state index is -2.47. The molecule has 2 aromatic carbocycles. The number of aliphatic carboxylic acids is 4. The monoisotopic (exact) mass is 1680 g/mol. The third-order valence-corrected chi connectivity index (χ3v) is 19.0. The topological polar surface area (TPSA) is 722 Å². The number of para-hydroxylation sites is 2. The molecule has 1 aromatic heterocycles. The highest BCUT2D eigenvalue weighted by Crippen LogP contribution is 2.22. The Hall–Kier alpha value is -12.7. The number of nitrogens with one attached hydrogen (secondary N) is 14. The lowest BCUT2D eigenvalue weighted by Gasteiger charge is -2.30. The van der Waals surface area contributed by atoms with Crippen molar-refractivity contribution in [1.29, 1.82) is 0 Å². The highest BCUT2D eigenvalue weighted by molar-refractivity contribution is 6.05. The van der Waals surface area contributed by atoms with Gasteiger partial charge in [0, 0.05) is 47.6 Å². The molecule has 26 N–H and O–H groups in total. The van der Waals surface area contributed by atoms with Crippen LogP contribution in [0.25, 0.3) is 10.9 Å². The van der Waals surface area contributed by atoms with Crippen molar-refractivity contribution in [3.8, 4) is 0 Å². The number of amides is 14. The zero-order valence-corrected chi connectivity index (χ0v) is 66.0. The summed E-state index contributed by atoms with van der Waals surface area (Å²) >= 11 is 0. The number of aromatic nitrogens is 1. The lowest BCUT2D eigenvalue weighted by molar-refractivity contribution is -0.156. The molecule has 0 spiro atoms. The van der Waals surface area contributed by atoms with Crippen molar-refractivity contribution < 1.29 is 131 Å². The van der Waals surface area contributed by atoms with Crippen LogP contribution in [0.4, 0.5) is 5.69 Å². The van der Waals surface area contributed by atoms with Gasteiger partial charge in [0.25, 0.3) is 0 Å². The molecule has 2 heterocycles. The van der Waals surface area contributed by atoms with Crippen LogP contribution in [-0.4, -0.2) is 259 Å². The number of hydrogen-bond donors (Lipinski definition) is 23. The Bertz CT molecular complexity index is 4140. The first-order chi connectivity index (χ1) is 56.3. The van der Waals surface area contributed by atoms with E-state index < -0.39 is 268 Å². The number of unbranched alkanes of at least 4 members (excludes halogenated alkanes) is 5. The number of nitrogen functional groups attached to an aromatic ring is 1. The molecule has 4 rings (SSSR count). The summed E-state index contributed by atoms with van der Waals surface area (Å²) in [7, 11) is 0. The average molecular weight is 1680 g/mol. The van der Waals surface area contributed by atoms with E-state index in [1.165, 1.54) is 24.3 Å². The van der Waals surface area contributed by atoms with Gasteiger partial charge in [-0.05, 0) is 68.3 Å². The van der Waals surface area contributed by atoms with Crippen molar-refractivity contribution in [2.75, 3.05) is 38.6 Å². The summed E-state index contributed by atoms with van der Waals surface area (Å²) in [5.41, 5.74) is 18.1. The summed E-state index contributed by atoms with van der Waals surface area (Å²) in [5.74, 6) is -30.0. The maximum absolute atomic E-state index is 14.9. The summed E-state index contributed by atoms with van der Waals surface area (Å²) in [5, 5.41) is 88.5. The van der Waals surface area contributed by atoms with Gasteiger partial charge in [0.15, 0.2) is 5.78 Å². The summed E-state index contributed by atoms with van der Waals surface area (Å²) in [6.07, 6.45) is -1.48. The first-order valence-corrected chi connectivity index (χ1v) is 38.4. The quantitative estimate of drug-likeness (QED) is 0.0110. The SMILES string of the molecule is CCC(C)CCCCCCCCC(=O)NC(Cc1c[nH]c2ccccc12)C(=O)NC(CC(N)=O)C(=O)NC(CC(=O)O)C(=O)NC1C(=O)NCC(=O)NC(CCCN)C(=O)NC(CC(=O)O)C(=O)NC(CO)C(=O)NC(CC(=O)O)C(=O)NCC(=O)NC(CO)C(=O)NC(C(C)CC(=O)O)C(=O)NC(CC(=O)c2ccccc2N)C(=O)OC1C. The van der Waals surface area contributed by atoms with Crippen molar-refractivity contribution in [1.82, 2.24) is 74.1 Å². The first-order valence-electron chi connectivity index (χ1n) is 38.4. The summed E-state index contributed by atoms with van der Waals surface area (Å²) < 4.78 is 5.68. The number of aromatic amines is 1. The Morgan fingerprint density at radius 1 is 0.538 bits per heavy atom. The van der Waals surface area contributed by atoms with Gasteiger partial charge >= 0.3 is 29.8 Å². The number of H-pyrrole nitrogens is 1. The van der Waals surface area contributed by atoms with E-state index in [9.17, 15) is 127 Å². The Labute approximate surface area is 681 Å². The van der Waals surface area contributed by atoms with E-state index in [4.69, 9.17) is 21.9 Å². The molecule has 44 nitrogen and oxygen atoms in total. The molecule has 1 aliphatic heterocycles. The minimum absolute atomic E-state index is 0.0249. The number of benzene rings is 2. The van der Waals surface area contributed by atoms with Gasteiger partial charge in [-0.2, -0.15) is 0 Å². The van der Waals surface area contributed by atoms with E-state index in [-0.39, 0.29) is 37.1 Å². The van der Waals surface area contributed by atoms with E-state index in [2.05, 4.69) is 66.7 Å². The predicted molar refractivity (Wildman–Crippen MR) is 415 cm³/mol. The third-order valence-electron chi connectivity index (χ3n) is 19.0.